The highest BCUT2D eigenvalue weighted by Crippen LogP contribution is 2.27. The minimum atomic E-state index is -3.52. The van der Waals surface area contributed by atoms with E-state index in [9.17, 15) is 8.42 Å². The van der Waals surface area contributed by atoms with Crippen molar-refractivity contribution in [3.63, 3.8) is 0 Å². The van der Waals surface area contributed by atoms with Crippen molar-refractivity contribution in [3.8, 4) is 0 Å². The lowest BCUT2D eigenvalue weighted by molar-refractivity contribution is 0.595. The van der Waals surface area contributed by atoms with Crippen LogP contribution in [-0.2, 0) is 15.6 Å². The summed E-state index contributed by atoms with van der Waals surface area (Å²) in [6, 6.07) is 9.70. The fraction of sp³-hybridized carbons (Fsp3) is 0.143. The standard InChI is InChI=1S/C14H13Cl2NO2S/c1-9-2-5-13(17)14(6-9)20(18,19)8-10-3-4-11(15)12(16)7-10/h2-7H,8,17H2,1H3. The average molecular weight is 330 g/mol. The second-order valence-electron chi connectivity index (χ2n) is 4.55. The predicted octanol–water partition coefficient (Wildman–Crippen LogP) is 3.86. The van der Waals surface area contributed by atoms with E-state index in [2.05, 4.69) is 0 Å². The van der Waals surface area contributed by atoms with Gasteiger partial charge in [0.2, 0.25) is 0 Å². The van der Waals surface area contributed by atoms with Gasteiger partial charge in [-0.25, -0.2) is 8.42 Å². The van der Waals surface area contributed by atoms with Gasteiger partial charge >= 0.3 is 0 Å². The Bertz CT molecular complexity index is 758. The monoisotopic (exact) mass is 329 g/mol. The van der Waals surface area contributed by atoms with Crippen LogP contribution in [0.1, 0.15) is 11.1 Å². The summed E-state index contributed by atoms with van der Waals surface area (Å²) >= 11 is 11.7. The summed E-state index contributed by atoms with van der Waals surface area (Å²) in [5.74, 6) is -0.169. The summed E-state index contributed by atoms with van der Waals surface area (Å²) in [6.07, 6.45) is 0. The van der Waals surface area contributed by atoms with Crippen molar-refractivity contribution in [2.75, 3.05) is 5.73 Å². The van der Waals surface area contributed by atoms with Crippen molar-refractivity contribution in [1.29, 1.82) is 0 Å². The minimum absolute atomic E-state index is 0.142. The molecule has 0 aliphatic heterocycles. The number of nitrogen functional groups attached to an aromatic ring is 1. The van der Waals surface area contributed by atoms with Crippen LogP contribution in [0.3, 0.4) is 0 Å². The Morgan fingerprint density at radius 2 is 1.75 bits per heavy atom. The topological polar surface area (TPSA) is 60.2 Å². The van der Waals surface area contributed by atoms with Gasteiger partial charge in [-0.3, -0.25) is 0 Å². The van der Waals surface area contributed by atoms with Crippen LogP contribution in [0.25, 0.3) is 0 Å². The third-order valence-electron chi connectivity index (χ3n) is 2.84. The Labute approximate surface area is 128 Å². The number of aryl methyl sites for hydroxylation is 1. The second-order valence-corrected chi connectivity index (χ2v) is 7.32. The van der Waals surface area contributed by atoms with Gasteiger partial charge < -0.3 is 5.73 Å². The highest BCUT2D eigenvalue weighted by atomic mass is 35.5. The van der Waals surface area contributed by atoms with Gasteiger partial charge in [0.1, 0.15) is 0 Å². The molecule has 2 N–H and O–H groups in total. The van der Waals surface area contributed by atoms with E-state index in [0.717, 1.165) is 5.56 Å². The predicted molar refractivity (Wildman–Crippen MR) is 82.9 cm³/mol. The summed E-state index contributed by atoms with van der Waals surface area (Å²) in [4.78, 5) is 0.142. The maximum Gasteiger partial charge on any atom is 0.184 e. The van der Waals surface area contributed by atoms with Crippen LogP contribution in [-0.4, -0.2) is 8.42 Å². The van der Waals surface area contributed by atoms with E-state index in [1.165, 1.54) is 0 Å². The lowest BCUT2D eigenvalue weighted by Crippen LogP contribution is -2.08. The maximum absolute atomic E-state index is 12.4. The number of anilines is 1. The molecule has 2 aromatic carbocycles. The second kappa shape index (κ2) is 5.64. The van der Waals surface area contributed by atoms with Crippen molar-refractivity contribution in [2.45, 2.75) is 17.6 Å². The van der Waals surface area contributed by atoms with E-state index in [4.69, 9.17) is 28.9 Å². The molecule has 0 radical (unpaired) electrons. The van der Waals surface area contributed by atoms with Crippen molar-refractivity contribution in [1.82, 2.24) is 0 Å². The van der Waals surface area contributed by atoms with Gasteiger partial charge in [0.15, 0.2) is 9.84 Å². The third kappa shape index (κ3) is 3.26. The maximum atomic E-state index is 12.4. The van der Waals surface area contributed by atoms with Gasteiger partial charge in [-0.05, 0) is 42.3 Å². The van der Waals surface area contributed by atoms with E-state index >= 15 is 0 Å². The SMILES string of the molecule is Cc1ccc(N)c(S(=O)(=O)Cc2ccc(Cl)c(Cl)c2)c1. The van der Waals surface area contributed by atoms with Crippen LogP contribution in [0.15, 0.2) is 41.3 Å². The molecule has 0 spiro atoms. The molecule has 2 aromatic rings. The molecule has 0 saturated heterocycles. The first kappa shape index (κ1) is 15.2. The Balaban J connectivity index is 2.40. The van der Waals surface area contributed by atoms with Crippen LogP contribution >= 0.6 is 23.2 Å². The number of hydrogen-bond acceptors (Lipinski definition) is 3. The van der Waals surface area contributed by atoms with E-state index < -0.39 is 9.84 Å². The quantitative estimate of drug-likeness (QED) is 0.870. The smallest absolute Gasteiger partial charge is 0.184 e. The van der Waals surface area contributed by atoms with E-state index in [-0.39, 0.29) is 16.3 Å². The van der Waals surface area contributed by atoms with Gasteiger partial charge in [-0.2, -0.15) is 0 Å². The van der Waals surface area contributed by atoms with Crippen LogP contribution in [0, 0.1) is 6.92 Å². The van der Waals surface area contributed by atoms with Gasteiger partial charge in [0.05, 0.1) is 26.4 Å². The summed E-state index contributed by atoms with van der Waals surface area (Å²) in [5, 5.41) is 0.722. The molecule has 2 rings (SSSR count). The summed E-state index contributed by atoms with van der Waals surface area (Å²) in [6.45, 7) is 1.82. The fourth-order valence-corrected chi connectivity index (χ4v) is 3.72. The van der Waals surface area contributed by atoms with Crippen LogP contribution in [0.2, 0.25) is 10.0 Å². The van der Waals surface area contributed by atoms with Crippen LogP contribution in [0.5, 0.6) is 0 Å². The third-order valence-corrected chi connectivity index (χ3v) is 5.32. The number of benzene rings is 2. The number of halogens is 2. The first-order valence-electron chi connectivity index (χ1n) is 5.82. The van der Waals surface area contributed by atoms with Crippen LogP contribution < -0.4 is 5.73 Å². The summed E-state index contributed by atoms with van der Waals surface area (Å²) in [5.41, 5.74) is 7.41. The lowest BCUT2D eigenvalue weighted by atomic mass is 10.2. The highest BCUT2D eigenvalue weighted by molar-refractivity contribution is 7.90. The molecule has 0 saturated carbocycles. The molecule has 0 unspecified atom stereocenters. The number of rotatable bonds is 3. The molecule has 0 bridgehead atoms. The molecule has 0 aliphatic rings. The zero-order valence-electron chi connectivity index (χ0n) is 10.7. The minimum Gasteiger partial charge on any atom is -0.398 e. The Morgan fingerprint density at radius 1 is 1.05 bits per heavy atom. The molecule has 0 atom stereocenters. The number of hydrogen-bond donors (Lipinski definition) is 1. The molecule has 0 heterocycles. The van der Waals surface area contributed by atoms with Gasteiger partial charge in [0.25, 0.3) is 0 Å². The average Bonchev–Trinajstić information content (AvgIpc) is 2.36. The molecular formula is C14H13Cl2NO2S. The largest absolute Gasteiger partial charge is 0.398 e. The molecule has 6 heteroatoms. The Kier molecular flexibility index (Phi) is 4.28. The van der Waals surface area contributed by atoms with E-state index in [1.807, 2.05) is 6.92 Å². The van der Waals surface area contributed by atoms with E-state index in [0.29, 0.717) is 15.6 Å². The molecule has 3 nitrogen and oxygen atoms in total. The first-order valence-corrected chi connectivity index (χ1v) is 8.23. The fourth-order valence-electron chi connectivity index (χ4n) is 1.84. The van der Waals surface area contributed by atoms with Crippen molar-refractivity contribution in [2.24, 2.45) is 0 Å². The van der Waals surface area contributed by atoms with Gasteiger partial charge in [0, 0.05) is 0 Å². The molecular weight excluding hydrogens is 317 g/mol. The zero-order chi connectivity index (χ0) is 14.9. The highest BCUT2D eigenvalue weighted by Gasteiger charge is 2.19. The van der Waals surface area contributed by atoms with Gasteiger partial charge in [-0.15, -0.1) is 0 Å². The molecule has 0 aromatic heterocycles. The lowest BCUT2D eigenvalue weighted by Gasteiger charge is -2.09. The van der Waals surface area contributed by atoms with Crippen LogP contribution in [0.4, 0.5) is 5.69 Å². The Hall–Kier alpha value is -1.23. The van der Waals surface area contributed by atoms with E-state index in [1.54, 1.807) is 36.4 Å². The van der Waals surface area contributed by atoms with Gasteiger partial charge in [-0.1, -0.05) is 35.3 Å². The molecule has 0 fully saturated rings. The van der Waals surface area contributed by atoms with Crippen molar-refractivity contribution >= 4 is 38.7 Å². The Morgan fingerprint density at radius 3 is 2.40 bits per heavy atom. The molecule has 20 heavy (non-hydrogen) atoms. The molecule has 106 valence electrons. The number of sulfone groups is 1. The van der Waals surface area contributed by atoms with Crippen molar-refractivity contribution in [3.05, 3.63) is 57.6 Å². The zero-order valence-corrected chi connectivity index (χ0v) is 13.1. The summed E-state index contributed by atoms with van der Waals surface area (Å²) in [7, 11) is -3.52. The number of nitrogens with two attached hydrogens (primary N) is 1. The molecule has 0 amide bonds. The normalized spacial score (nSPS) is 11.6. The van der Waals surface area contributed by atoms with Crippen molar-refractivity contribution < 1.29 is 8.42 Å². The first-order chi connectivity index (χ1) is 9.29. The molecule has 0 aliphatic carbocycles. The summed E-state index contributed by atoms with van der Waals surface area (Å²) < 4.78 is 24.8.